The number of rotatable bonds is 5. The molecule has 0 unspecified atom stereocenters. The third kappa shape index (κ3) is 3.68. The molecule has 3 rings (SSSR count). The second kappa shape index (κ2) is 6.92. The fourth-order valence-corrected chi connectivity index (χ4v) is 3.30. The van der Waals surface area contributed by atoms with Gasteiger partial charge in [0, 0.05) is 24.0 Å². The fourth-order valence-electron chi connectivity index (χ4n) is 2.37. The molecule has 124 valence electrons. The normalized spacial score (nSPS) is 10.8. The van der Waals surface area contributed by atoms with Gasteiger partial charge in [0.2, 0.25) is 0 Å². The van der Waals surface area contributed by atoms with Crippen LogP contribution in [0.3, 0.4) is 0 Å². The van der Waals surface area contributed by atoms with Gasteiger partial charge in [-0.3, -0.25) is 4.79 Å². The SMILES string of the molecule is Cc1nc(C)c(CCNC(=O)c2ccn(-c3ccc(F)cc3)n2)s1. The maximum atomic E-state index is 12.9. The van der Waals surface area contributed by atoms with E-state index in [1.165, 1.54) is 17.0 Å². The molecule has 0 aliphatic carbocycles. The van der Waals surface area contributed by atoms with Crippen molar-refractivity contribution in [1.29, 1.82) is 0 Å². The zero-order chi connectivity index (χ0) is 17.1. The molecule has 0 radical (unpaired) electrons. The summed E-state index contributed by atoms with van der Waals surface area (Å²) >= 11 is 1.65. The minimum absolute atomic E-state index is 0.227. The van der Waals surface area contributed by atoms with Crippen molar-refractivity contribution >= 4 is 17.2 Å². The van der Waals surface area contributed by atoms with Crippen molar-refractivity contribution < 1.29 is 9.18 Å². The standard InChI is InChI=1S/C17H17FN4OS/c1-11-16(24-12(2)20-11)7-9-19-17(23)15-8-10-22(21-15)14-5-3-13(18)4-6-14/h3-6,8,10H,7,9H2,1-2H3,(H,19,23). The van der Waals surface area contributed by atoms with Crippen molar-refractivity contribution in [3.05, 3.63) is 63.6 Å². The molecular weight excluding hydrogens is 327 g/mol. The summed E-state index contributed by atoms with van der Waals surface area (Å²) in [5.74, 6) is -0.535. The maximum absolute atomic E-state index is 12.9. The van der Waals surface area contributed by atoms with Gasteiger partial charge in [-0.25, -0.2) is 14.1 Å². The molecule has 5 nitrogen and oxygen atoms in total. The molecule has 0 bridgehead atoms. The summed E-state index contributed by atoms with van der Waals surface area (Å²) in [5.41, 5.74) is 2.05. The monoisotopic (exact) mass is 344 g/mol. The van der Waals surface area contributed by atoms with Crippen LogP contribution in [-0.2, 0) is 6.42 Å². The Bertz CT molecular complexity index is 854. The van der Waals surface area contributed by atoms with Crippen LogP contribution in [0.25, 0.3) is 5.69 Å². The van der Waals surface area contributed by atoms with Gasteiger partial charge in [0.05, 0.1) is 16.4 Å². The van der Waals surface area contributed by atoms with Crippen LogP contribution in [0.5, 0.6) is 0 Å². The summed E-state index contributed by atoms with van der Waals surface area (Å²) in [6.07, 6.45) is 2.43. The van der Waals surface area contributed by atoms with Crippen LogP contribution in [0.1, 0.15) is 26.1 Å². The predicted molar refractivity (Wildman–Crippen MR) is 91.1 cm³/mol. The molecule has 0 aliphatic heterocycles. The highest BCUT2D eigenvalue weighted by Gasteiger charge is 2.11. The lowest BCUT2D eigenvalue weighted by Gasteiger charge is -2.03. The number of carbonyl (C=O) groups is 1. The summed E-state index contributed by atoms with van der Waals surface area (Å²) in [4.78, 5) is 17.7. The number of amides is 1. The van der Waals surface area contributed by atoms with Gasteiger partial charge in [0.15, 0.2) is 5.69 Å². The minimum Gasteiger partial charge on any atom is -0.350 e. The van der Waals surface area contributed by atoms with Gasteiger partial charge in [-0.15, -0.1) is 11.3 Å². The summed E-state index contributed by atoms with van der Waals surface area (Å²) in [6.45, 7) is 4.48. The summed E-state index contributed by atoms with van der Waals surface area (Å²) < 4.78 is 14.5. The van der Waals surface area contributed by atoms with E-state index in [9.17, 15) is 9.18 Å². The number of carbonyl (C=O) groups excluding carboxylic acids is 1. The summed E-state index contributed by atoms with van der Waals surface area (Å²) in [6, 6.07) is 7.57. The van der Waals surface area contributed by atoms with E-state index in [4.69, 9.17) is 0 Å². The number of aryl methyl sites for hydroxylation is 2. The van der Waals surface area contributed by atoms with Gasteiger partial charge in [0.25, 0.3) is 5.91 Å². The smallest absolute Gasteiger partial charge is 0.271 e. The Morgan fingerprint density at radius 3 is 2.67 bits per heavy atom. The minimum atomic E-state index is -0.308. The molecule has 3 aromatic rings. The average Bonchev–Trinajstić information content (AvgIpc) is 3.15. The number of aromatic nitrogens is 3. The second-order valence-corrected chi connectivity index (χ2v) is 6.66. The summed E-state index contributed by atoms with van der Waals surface area (Å²) in [5, 5.41) is 8.13. The molecule has 7 heteroatoms. The van der Waals surface area contributed by atoms with Gasteiger partial charge >= 0.3 is 0 Å². The molecule has 2 aromatic heterocycles. The Kier molecular flexibility index (Phi) is 4.71. The quantitative estimate of drug-likeness (QED) is 0.774. The van der Waals surface area contributed by atoms with E-state index < -0.39 is 0 Å². The molecule has 0 fully saturated rings. The first kappa shape index (κ1) is 16.3. The molecule has 24 heavy (non-hydrogen) atoms. The van der Waals surface area contributed by atoms with Gasteiger partial charge in [-0.1, -0.05) is 0 Å². The van der Waals surface area contributed by atoms with Gasteiger partial charge in [-0.05, 0) is 44.2 Å². The molecule has 0 aliphatic rings. The van der Waals surface area contributed by atoms with Crippen LogP contribution < -0.4 is 5.32 Å². The first-order valence-electron chi connectivity index (χ1n) is 7.55. The summed E-state index contributed by atoms with van der Waals surface area (Å²) in [7, 11) is 0. The Labute approximate surface area is 143 Å². The Morgan fingerprint density at radius 1 is 1.25 bits per heavy atom. The van der Waals surface area contributed by atoms with E-state index in [1.54, 1.807) is 40.4 Å². The van der Waals surface area contributed by atoms with E-state index in [2.05, 4.69) is 15.4 Å². The molecule has 0 atom stereocenters. The highest BCUT2D eigenvalue weighted by molar-refractivity contribution is 7.11. The first-order chi connectivity index (χ1) is 11.5. The Balaban J connectivity index is 1.59. The van der Waals surface area contributed by atoms with Gasteiger partial charge < -0.3 is 5.32 Å². The van der Waals surface area contributed by atoms with Crippen LogP contribution in [0.4, 0.5) is 4.39 Å². The number of nitrogens with one attached hydrogen (secondary N) is 1. The fraction of sp³-hybridized carbons (Fsp3) is 0.235. The van der Waals surface area contributed by atoms with Crippen LogP contribution in [0, 0.1) is 19.7 Å². The van der Waals surface area contributed by atoms with E-state index in [0.717, 1.165) is 17.1 Å². The molecule has 1 aromatic carbocycles. The van der Waals surface area contributed by atoms with E-state index in [1.807, 2.05) is 13.8 Å². The van der Waals surface area contributed by atoms with Crippen molar-refractivity contribution in [3.8, 4) is 5.69 Å². The number of halogens is 1. The third-order valence-corrected chi connectivity index (χ3v) is 4.68. The molecular formula is C17H17FN4OS. The van der Waals surface area contributed by atoms with Crippen LogP contribution in [0.2, 0.25) is 0 Å². The Morgan fingerprint density at radius 2 is 2.00 bits per heavy atom. The van der Waals surface area contributed by atoms with E-state index in [0.29, 0.717) is 17.9 Å². The van der Waals surface area contributed by atoms with Crippen molar-refractivity contribution in [1.82, 2.24) is 20.1 Å². The van der Waals surface area contributed by atoms with Crippen molar-refractivity contribution in [2.75, 3.05) is 6.54 Å². The molecule has 2 heterocycles. The molecule has 0 saturated carbocycles. The number of thiazole rings is 1. The van der Waals surface area contributed by atoms with Gasteiger partial charge in [-0.2, -0.15) is 5.10 Å². The highest BCUT2D eigenvalue weighted by Crippen LogP contribution is 2.17. The van der Waals surface area contributed by atoms with E-state index in [-0.39, 0.29) is 11.7 Å². The van der Waals surface area contributed by atoms with Crippen molar-refractivity contribution in [3.63, 3.8) is 0 Å². The molecule has 1 amide bonds. The molecule has 0 spiro atoms. The predicted octanol–water partition coefficient (Wildman–Crippen LogP) is 3.06. The average molecular weight is 344 g/mol. The zero-order valence-electron chi connectivity index (χ0n) is 13.4. The lowest BCUT2D eigenvalue weighted by molar-refractivity contribution is 0.0949. The van der Waals surface area contributed by atoms with Crippen LogP contribution in [0.15, 0.2) is 36.5 Å². The van der Waals surface area contributed by atoms with Crippen LogP contribution >= 0.6 is 11.3 Å². The number of hydrogen-bond acceptors (Lipinski definition) is 4. The second-order valence-electron chi connectivity index (χ2n) is 5.37. The third-order valence-electron chi connectivity index (χ3n) is 3.55. The molecule has 1 N–H and O–H groups in total. The van der Waals surface area contributed by atoms with Gasteiger partial charge in [0.1, 0.15) is 5.82 Å². The molecule has 0 saturated heterocycles. The lowest BCUT2D eigenvalue weighted by atomic mass is 10.3. The largest absolute Gasteiger partial charge is 0.350 e. The Hall–Kier alpha value is -2.54. The highest BCUT2D eigenvalue weighted by atomic mass is 32.1. The zero-order valence-corrected chi connectivity index (χ0v) is 14.2. The topological polar surface area (TPSA) is 59.8 Å². The van der Waals surface area contributed by atoms with Crippen molar-refractivity contribution in [2.45, 2.75) is 20.3 Å². The van der Waals surface area contributed by atoms with Crippen LogP contribution in [-0.4, -0.2) is 27.2 Å². The number of benzene rings is 1. The first-order valence-corrected chi connectivity index (χ1v) is 8.37. The number of hydrogen-bond donors (Lipinski definition) is 1. The van der Waals surface area contributed by atoms with E-state index >= 15 is 0 Å². The maximum Gasteiger partial charge on any atom is 0.271 e. The lowest BCUT2D eigenvalue weighted by Crippen LogP contribution is -2.26. The number of nitrogens with zero attached hydrogens (tertiary/aromatic N) is 3. The van der Waals surface area contributed by atoms with Crippen molar-refractivity contribution in [2.24, 2.45) is 0 Å².